The minimum absolute atomic E-state index is 0.158. The number of amides is 1. The first-order valence-electron chi connectivity index (χ1n) is 7.67. The second-order valence-corrected chi connectivity index (χ2v) is 5.68. The van der Waals surface area contributed by atoms with Crippen LogP contribution < -0.4 is 5.32 Å². The Morgan fingerprint density at radius 2 is 1.76 bits per heavy atom. The van der Waals surface area contributed by atoms with E-state index in [1.165, 1.54) is 28.9 Å². The van der Waals surface area contributed by atoms with E-state index in [0.29, 0.717) is 11.4 Å². The van der Waals surface area contributed by atoms with Gasteiger partial charge < -0.3 is 5.32 Å². The van der Waals surface area contributed by atoms with Gasteiger partial charge >= 0.3 is 0 Å². The number of carbonyl (C=O) groups excluding carboxylic acids is 1. The maximum atomic E-state index is 13.5. The number of rotatable bonds is 4. The molecular weight excluding hydrogens is 326 g/mol. The Morgan fingerprint density at radius 3 is 2.48 bits per heavy atom. The summed E-state index contributed by atoms with van der Waals surface area (Å²) in [5, 5.41) is 10.6. The van der Waals surface area contributed by atoms with Crippen molar-refractivity contribution in [1.82, 2.24) is 20.3 Å². The molecule has 1 heterocycles. The molecule has 0 aliphatic carbocycles. The van der Waals surface area contributed by atoms with Crippen LogP contribution in [-0.4, -0.2) is 20.9 Å². The number of nitrogens with one attached hydrogen (secondary N) is 1. The molecule has 1 aromatic heterocycles. The van der Waals surface area contributed by atoms with Crippen LogP contribution in [-0.2, 0) is 6.54 Å². The smallest absolute Gasteiger partial charge is 0.274 e. The molecule has 25 heavy (non-hydrogen) atoms. The number of carbonyl (C=O) groups is 1. The fraction of sp³-hybridized carbons (Fsp3) is 0.167. The Balaban J connectivity index is 1.79. The first-order valence-corrected chi connectivity index (χ1v) is 7.67. The third-order valence-corrected chi connectivity index (χ3v) is 3.88. The van der Waals surface area contributed by atoms with Gasteiger partial charge in [0.25, 0.3) is 5.91 Å². The molecule has 0 fully saturated rings. The molecule has 0 saturated heterocycles. The molecule has 0 saturated carbocycles. The Bertz CT molecular complexity index is 919. The van der Waals surface area contributed by atoms with E-state index in [2.05, 4.69) is 15.6 Å². The van der Waals surface area contributed by atoms with Crippen LogP contribution in [0.2, 0.25) is 0 Å². The lowest BCUT2D eigenvalue weighted by Gasteiger charge is -2.08. The zero-order valence-electron chi connectivity index (χ0n) is 13.8. The zero-order valence-corrected chi connectivity index (χ0v) is 13.8. The first-order chi connectivity index (χ1) is 12.0. The first kappa shape index (κ1) is 16.8. The number of halogens is 2. The summed E-state index contributed by atoms with van der Waals surface area (Å²) in [6, 6.07) is 10.2. The van der Waals surface area contributed by atoms with Crippen molar-refractivity contribution < 1.29 is 13.6 Å². The molecule has 0 atom stereocenters. The maximum Gasteiger partial charge on any atom is 0.274 e. The molecule has 3 aromatic rings. The number of benzene rings is 2. The Morgan fingerprint density at radius 1 is 1.08 bits per heavy atom. The molecule has 1 N–H and O–H groups in total. The van der Waals surface area contributed by atoms with Gasteiger partial charge in [-0.25, -0.2) is 13.5 Å². The molecule has 3 rings (SSSR count). The van der Waals surface area contributed by atoms with Crippen LogP contribution in [0.15, 0.2) is 42.5 Å². The lowest BCUT2D eigenvalue weighted by Crippen LogP contribution is -2.24. The van der Waals surface area contributed by atoms with Gasteiger partial charge in [-0.3, -0.25) is 4.79 Å². The van der Waals surface area contributed by atoms with Crippen molar-refractivity contribution >= 4 is 5.91 Å². The molecular formula is C18H16F2N4O. The summed E-state index contributed by atoms with van der Waals surface area (Å²) in [5.41, 5.74) is 2.77. The highest BCUT2D eigenvalue weighted by Crippen LogP contribution is 2.17. The second-order valence-electron chi connectivity index (χ2n) is 5.68. The minimum Gasteiger partial charge on any atom is -0.347 e. The number of hydrogen-bond acceptors (Lipinski definition) is 3. The van der Waals surface area contributed by atoms with Crippen molar-refractivity contribution in [3.05, 3.63) is 76.6 Å². The molecule has 0 unspecified atom stereocenters. The second kappa shape index (κ2) is 6.80. The van der Waals surface area contributed by atoms with Gasteiger partial charge in [-0.05, 0) is 49.2 Å². The summed E-state index contributed by atoms with van der Waals surface area (Å²) in [6.07, 6.45) is 0. The summed E-state index contributed by atoms with van der Waals surface area (Å²) in [6.45, 7) is 3.76. The third kappa shape index (κ3) is 3.55. The molecule has 5 nitrogen and oxygen atoms in total. The molecule has 0 aliphatic heterocycles. The van der Waals surface area contributed by atoms with Gasteiger partial charge in [0.2, 0.25) is 0 Å². The quantitative estimate of drug-likeness (QED) is 0.793. The van der Waals surface area contributed by atoms with Gasteiger partial charge in [-0.2, -0.15) is 0 Å². The highest BCUT2D eigenvalue weighted by Gasteiger charge is 2.18. The summed E-state index contributed by atoms with van der Waals surface area (Å²) in [7, 11) is 0. The van der Waals surface area contributed by atoms with Crippen LogP contribution in [0, 0.1) is 25.5 Å². The van der Waals surface area contributed by atoms with Crippen molar-refractivity contribution in [2.24, 2.45) is 0 Å². The van der Waals surface area contributed by atoms with Crippen LogP contribution in [0.4, 0.5) is 8.78 Å². The number of aryl methyl sites for hydroxylation is 1. The summed E-state index contributed by atoms with van der Waals surface area (Å²) in [4.78, 5) is 12.3. The van der Waals surface area contributed by atoms with E-state index in [1.807, 2.05) is 6.92 Å². The van der Waals surface area contributed by atoms with Crippen LogP contribution >= 0.6 is 0 Å². The van der Waals surface area contributed by atoms with Gasteiger partial charge in [0.1, 0.15) is 11.6 Å². The van der Waals surface area contributed by atoms with E-state index in [9.17, 15) is 13.6 Å². The van der Waals surface area contributed by atoms with Gasteiger partial charge in [-0.1, -0.05) is 23.4 Å². The van der Waals surface area contributed by atoms with E-state index >= 15 is 0 Å². The van der Waals surface area contributed by atoms with Crippen molar-refractivity contribution in [2.45, 2.75) is 20.4 Å². The SMILES string of the molecule is Cc1ccc(F)cc1-n1nnc(C(=O)NCc2ccc(F)cc2)c1C. The molecule has 0 radical (unpaired) electrons. The Hall–Kier alpha value is -3.09. The Labute approximate surface area is 143 Å². The molecule has 0 aliphatic rings. The average Bonchev–Trinajstić information content (AvgIpc) is 2.98. The van der Waals surface area contributed by atoms with Gasteiger partial charge in [0.15, 0.2) is 5.69 Å². The van der Waals surface area contributed by atoms with Crippen molar-refractivity contribution in [2.75, 3.05) is 0 Å². The predicted molar refractivity (Wildman–Crippen MR) is 88.4 cm³/mol. The van der Waals surface area contributed by atoms with E-state index in [4.69, 9.17) is 0 Å². The van der Waals surface area contributed by atoms with Crippen molar-refractivity contribution in [3.63, 3.8) is 0 Å². The van der Waals surface area contributed by atoms with Gasteiger partial charge in [0, 0.05) is 6.54 Å². The minimum atomic E-state index is -0.401. The van der Waals surface area contributed by atoms with E-state index in [0.717, 1.165) is 11.1 Å². The number of aromatic nitrogens is 3. The molecule has 2 aromatic carbocycles. The van der Waals surface area contributed by atoms with Crippen molar-refractivity contribution in [3.8, 4) is 5.69 Å². The molecule has 0 bridgehead atoms. The van der Waals surface area contributed by atoms with Crippen LogP contribution in [0.5, 0.6) is 0 Å². The predicted octanol–water partition coefficient (Wildman–Crippen LogP) is 3.09. The summed E-state index contributed by atoms with van der Waals surface area (Å²) >= 11 is 0. The monoisotopic (exact) mass is 342 g/mol. The zero-order chi connectivity index (χ0) is 18.0. The van der Waals surface area contributed by atoms with Crippen molar-refractivity contribution in [1.29, 1.82) is 0 Å². The number of hydrogen-bond donors (Lipinski definition) is 1. The lowest BCUT2D eigenvalue weighted by molar-refractivity contribution is 0.0945. The summed E-state index contributed by atoms with van der Waals surface area (Å²) in [5.74, 6) is -1.13. The van der Waals surface area contributed by atoms with Crippen LogP contribution in [0.3, 0.4) is 0 Å². The number of nitrogens with zero attached hydrogens (tertiary/aromatic N) is 3. The van der Waals surface area contributed by atoms with Crippen LogP contribution in [0.1, 0.15) is 27.3 Å². The highest BCUT2D eigenvalue weighted by molar-refractivity contribution is 5.93. The van der Waals surface area contributed by atoms with E-state index in [-0.39, 0.29) is 18.1 Å². The standard InChI is InChI=1S/C18H16F2N4O/c1-11-3-6-15(20)9-16(11)24-12(2)17(22-23-24)18(25)21-10-13-4-7-14(19)8-5-13/h3-9H,10H2,1-2H3,(H,21,25). The normalized spacial score (nSPS) is 10.7. The largest absolute Gasteiger partial charge is 0.347 e. The molecule has 7 heteroatoms. The molecule has 0 spiro atoms. The van der Waals surface area contributed by atoms with Gasteiger partial charge in [0.05, 0.1) is 11.4 Å². The maximum absolute atomic E-state index is 13.5. The molecule has 128 valence electrons. The fourth-order valence-electron chi connectivity index (χ4n) is 2.45. The third-order valence-electron chi connectivity index (χ3n) is 3.88. The fourth-order valence-corrected chi connectivity index (χ4v) is 2.45. The summed E-state index contributed by atoms with van der Waals surface area (Å²) < 4.78 is 27.8. The van der Waals surface area contributed by atoms with E-state index in [1.54, 1.807) is 25.1 Å². The van der Waals surface area contributed by atoms with E-state index < -0.39 is 11.7 Å². The molecule has 1 amide bonds. The highest BCUT2D eigenvalue weighted by atomic mass is 19.1. The van der Waals surface area contributed by atoms with Gasteiger partial charge in [-0.15, -0.1) is 5.10 Å². The average molecular weight is 342 g/mol. The topological polar surface area (TPSA) is 59.8 Å². The van der Waals surface area contributed by atoms with Crippen LogP contribution in [0.25, 0.3) is 5.69 Å². The Kier molecular flexibility index (Phi) is 4.56. The lowest BCUT2D eigenvalue weighted by atomic mass is 10.2.